The Balaban J connectivity index is 1.89. The van der Waals surface area contributed by atoms with Crippen LogP contribution in [0.1, 0.15) is 108 Å². The van der Waals surface area contributed by atoms with Crippen LogP contribution in [0.2, 0.25) is 0 Å². The maximum absolute atomic E-state index is 13.4. The zero-order valence-corrected chi connectivity index (χ0v) is 19.9. The van der Waals surface area contributed by atoms with Gasteiger partial charge in [-0.25, -0.2) is 4.39 Å². The molecule has 1 N–H and O–H groups in total. The summed E-state index contributed by atoms with van der Waals surface area (Å²) in [5.74, 6) is -0.319. The Hall–Kier alpha value is -0.970. The summed E-state index contributed by atoms with van der Waals surface area (Å²) in [6.07, 6.45) is 18.4. The van der Waals surface area contributed by atoms with E-state index in [1.807, 2.05) is 0 Å². The topological polar surface area (TPSA) is 38.7 Å². The molecule has 0 aromatic heterocycles. The Morgan fingerprint density at radius 3 is 1.90 bits per heavy atom. The molecule has 1 aromatic carbocycles. The Morgan fingerprint density at radius 1 is 0.839 bits per heavy atom. The Kier molecular flexibility index (Phi) is 17.8. The van der Waals surface area contributed by atoms with Crippen molar-refractivity contribution in [1.29, 1.82) is 0 Å². The highest BCUT2D eigenvalue weighted by Crippen LogP contribution is 2.13. The summed E-state index contributed by atoms with van der Waals surface area (Å²) in [5.41, 5.74) is 1.34. The number of hydrogen-bond acceptors (Lipinski definition) is 3. The SMILES string of the molecule is [CH2]c1cc(F)cc(CO[C@H](CO)COCCCCCCCCCCCCCCCC)c1. The van der Waals surface area contributed by atoms with Crippen molar-refractivity contribution in [2.24, 2.45) is 0 Å². The van der Waals surface area contributed by atoms with Crippen molar-refractivity contribution in [1.82, 2.24) is 0 Å². The lowest BCUT2D eigenvalue weighted by Crippen LogP contribution is -2.24. The average molecular weight is 438 g/mol. The summed E-state index contributed by atoms with van der Waals surface area (Å²) in [6.45, 7) is 7.21. The van der Waals surface area contributed by atoms with E-state index >= 15 is 0 Å². The average Bonchev–Trinajstić information content (AvgIpc) is 2.75. The summed E-state index contributed by atoms with van der Waals surface area (Å²) in [7, 11) is 0. The monoisotopic (exact) mass is 437 g/mol. The normalized spacial score (nSPS) is 12.4. The molecule has 0 fully saturated rings. The maximum Gasteiger partial charge on any atom is 0.123 e. The fourth-order valence-electron chi connectivity index (χ4n) is 3.78. The molecule has 0 heterocycles. The number of benzene rings is 1. The predicted octanol–water partition coefficient (Wildman–Crippen LogP) is 7.38. The molecule has 0 aliphatic heterocycles. The summed E-state index contributed by atoms with van der Waals surface area (Å²) in [5, 5.41) is 9.45. The van der Waals surface area contributed by atoms with Gasteiger partial charge in [0.05, 0.1) is 19.8 Å². The van der Waals surface area contributed by atoms with Gasteiger partial charge >= 0.3 is 0 Å². The molecule has 1 atom stereocenters. The Bertz CT molecular complexity index is 515. The van der Waals surface area contributed by atoms with E-state index < -0.39 is 0 Å². The van der Waals surface area contributed by atoms with E-state index in [1.54, 1.807) is 6.07 Å². The third kappa shape index (κ3) is 16.3. The third-order valence-electron chi connectivity index (χ3n) is 5.65. The van der Waals surface area contributed by atoms with Crippen molar-refractivity contribution >= 4 is 0 Å². The van der Waals surface area contributed by atoms with Gasteiger partial charge in [0, 0.05) is 6.61 Å². The summed E-state index contributed by atoms with van der Waals surface area (Å²) in [6, 6.07) is 4.60. The van der Waals surface area contributed by atoms with E-state index in [2.05, 4.69) is 13.8 Å². The van der Waals surface area contributed by atoms with Crippen LogP contribution < -0.4 is 0 Å². The molecule has 0 spiro atoms. The number of aliphatic hydroxyl groups is 1. The van der Waals surface area contributed by atoms with Crippen LogP contribution >= 0.6 is 0 Å². The van der Waals surface area contributed by atoms with Crippen LogP contribution in [0, 0.1) is 12.7 Å². The van der Waals surface area contributed by atoms with Gasteiger partial charge in [-0.3, -0.25) is 0 Å². The molecule has 1 rings (SSSR count). The van der Waals surface area contributed by atoms with Crippen molar-refractivity contribution in [2.75, 3.05) is 19.8 Å². The molecule has 31 heavy (non-hydrogen) atoms. The molecule has 179 valence electrons. The van der Waals surface area contributed by atoms with Gasteiger partial charge in [-0.05, 0) is 36.6 Å². The molecule has 0 saturated carbocycles. The lowest BCUT2D eigenvalue weighted by Gasteiger charge is -2.16. The fraction of sp³-hybridized carbons (Fsp3) is 0.741. The second-order valence-corrected chi connectivity index (χ2v) is 8.75. The standard InChI is InChI=1S/C27H46FO3/c1-3-4-5-6-7-8-9-10-11-12-13-14-15-16-17-30-23-27(21-29)31-22-25-18-24(2)19-26(28)20-25/h18-20,27,29H,2-17,21-23H2,1H3/t27-/m1/s1. The maximum atomic E-state index is 13.4. The number of aliphatic hydroxyl groups excluding tert-OH is 1. The van der Waals surface area contributed by atoms with Crippen LogP contribution in [0.15, 0.2) is 18.2 Å². The van der Waals surface area contributed by atoms with E-state index in [0.717, 1.165) is 12.0 Å². The summed E-state index contributed by atoms with van der Waals surface area (Å²) >= 11 is 0. The number of hydrogen-bond donors (Lipinski definition) is 1. The number of ether oxygens (including phenoxy) is 2. The van der Waals surface area contributed by atoms with Crippen LogP contribution in [-0.4, -0.2) is 31.0 Å². The molecule has 1 radical (unpaired) electrons. The molecule has 0 bridgehead atoms. The minimum absolute atomic E-state index is 0.106. The van der Waals surface area contributed by atoms with E-state index in [0.29, 0.717) is 18.8 Å². The van der Waals surface area contributed by atoms with Gasteiger partial charge in [-0.15, -0.1) is 0 Å². The first-order valence-electron chi connectivity index (χ1n) is 12.6. The fourth-order valence-corrected chi connectivity index (χ4v) is 3.78. The van der Waals surface area contributed by atoms with Crippen LogP contribution in [0.3, 0.4) is 0 Å². The molecule has 4 heteroatoms. The highest BCUT2D eigenvalue weighted by Gasteiger charge is 2.09. The second kappa shape index (κ2) is 19.7. The second-order valence-electron chi connectivity index (χ2n) is 8.75. The highest BCUT2D eigenvalue weighted by atomic mass is 19.1. The summed E-state index contributed by atoms with van der Waals surface area (Å²) in [4.78, 5) is 0. The van der Waals surface area contributed by atoms with Crippen LogP contribution in [-0.2, 0) is 16.1 Å². The van der Waals surface area contributed by atoms with Crippen molar-refractivity contribution in [2.45, 2.75) is 110 Å². The van der Waals surface area contributed by atoms with Crippen LogP contribution in [0.5, 0.6) is 0 Å². The first-order chi connectivity index (χ1) is 15.2. The molecule has 0 amide bonds. The lowest BCUT2D eigenvalue weighted by atomic mass is 10.0. The van der Waals surface area contributed by atoms with E-state index in [-0.39, 0.29) is 25.1 Å². The third-order valence-corrected chi connectivity index (χ3v) is 5.65. The van der Waals surface area contributed by atoms with Crippen molar-refractivity contribution in [3.05, 3.63) is 42.1 Å². The van der Waals surface area contributed by atoms with Gasteiger partial charge in [-0.2, -0.15) is 0 Å². The first-order valence-corrected chi connectivity index (χ1v) is 12.6. The quantitative estimate of drug-likeness (QED) is 0.204. The lowest BCUT2D eigenvalue weighted by molar-refractivity contribution is -0.0503. The molecule has 1 aromatic rings. The highest BCUT2D eigenvalue weighted by molar-refractivity contribution is 5.26. The minimum atomic E-state index is -0.386. The van der Waals surface area contributed by atoms with Gasteiger partial charge < -0.3 is 14.6 Å². The number of unbranched alkanes of at least 4 members (excludes halogenated alkanes) is 13. The molecule has 0 unspecified atom stereocenters. The molecular weight excluding hydrogens is 391 g/mol. The Labute approximate surface area is 190 Å². The van der Waals surface area contributed by atoms with Crippen LogP contribution in [0.4, 0.5) is 4.39 Å². The van der Waals surface area contributed by atoms with Crippen molar-refractivity contribution in [3.63, 3.8) is 0 Å². The molecule has 3 nitrogen and oxygen atoms in total. The predicted molar refractivity (Wildman–Crippen MR) is 128 cm³/mol. The van der Waals surface area contributed by atoms with Gasteiger partial charge in [-0.1, -0.05) is 96.5 Å². The molecular formula is C27H46FO3. The smallest absolute Gasteiger partial charge is 0.123 e. The molecule has 0 aliphatic carbocycles. The van der Waals surface area contributed by atoms with Gasteiger partial charge in [0.2, 0.25) is 0 Å². The molecule has 0 saturated heterocycles. The van der Waals surface area contributed by atoms with Gasteiger partial charge in [0.25, 0.3) is 0 Å². The van der Waals surface area contributed by atoms with Gasteiger partial charge in [0.15, 0.2) is 0 Å². The Morgan fingerprint density at radius 2 is 1.39 bits per heavy atom. The number of halogens is 1. The van der Waals surface area contributed by atoms with E-state index in [9.17, 15) is 9.50 Å². The zero-order chi connectivity index (χ0) is 22.6. The van der Waals surface area contributed by atoms with E-state index in [1.165, 1.54) is 95.6 Å². The zero-order valence-electron chi connectivity index (χ0n) is 19.9. The van der Waals surface area contributed by atoms with E-state index in [4.69, 9.17) is 9.47 Å². The first kappa shape index (κ1) is 28.1. The van der Waals surface area contributed by atoms with Gasteiger partial charge in [0.1, 0.15) is 11.9 Å². The largest absolute Gasteiger partial charge is 0.394 e. The number of rotatable bonds is 21. The van der Waals surface area contributed by atoms with Crippen LogP contribution in [0.25, 0.3) is 0 Å². The van der Waals surface area contributed by atoms with Crippen molar-refractivity contribution in [3.8, 4) is 0 Å². The van der Waals surface area contributed by atoms with Crippen molar-refractivity contribution < 1.29 is 19.0 Å². The minimum Gasteiger partial charge on any atom is -0.394 e. The summed E-state index contributed by atoms with van der Waals surface area (Å²) < 4.78 is 24.7. The molecule has 0 aliphatic rings.